The van der Waals surface area contributed by atoms with Gasteiger partial charge < -0.3 is 24.8 Å². The molecule has 2 saturated heterocycles. The highest BCUT2D eigenvalue weighted by Gasteiger charge is 2.38. The van der Waals surface area contributed by atoms with E-state index in [-0.39, 0.29) is 64.4 Å². The predicted molar refractivity (Wildman–Crippen MR) is 179 cm³/mol. The number of benzene rings is 2. The van der Waals surface area contributed by atoms with Gasteiger partial charge in [0.05, 0.1) is 22.5 Å². The Morgan fingerprint density at radius 1 is 1.12 bits per heavy atom. The lowest BCUT2D eigenvalue weighted by molar-refractivity contribution is -0.130. The maximum Gasteiger partial charge on any atom is 0.350 e. The number of halogens is 3. The van der Waals surface area contributed by atoms with Crippen LogP contribution in [0.5, 0.6) is 5.75 Å². The normalized spacial score (nSPS) is 22.7. The zero-order valence-electron chi connectivity index (χ0n) is 27.1. The maximum atomic E-state index is 15.2. The first-order valence-corrected chi connectivity index (χ1v) is 17.0. The minimum absolute atomic E-state index is 0.0198. The molecule has 3 aliphatic heterocycles. The quantitative estimate of drug-likeness (QED) is 0.332. The number of piperazine rings is 1. The molecule has 1 saturated carbocycles. The van der Waals surface area contributed by atoms with Gasteiger partial charge in [-0.25, -0.2) is 13.6 Å². The summed E-state index contributed by atoms with van der Waals surface area (Å²) in [4.78, 5) is 49.5. The summed E-state index contributed by atoms with van der Waals surface area (Å²) < 4.78 is 37.1. The number of aromatic nitrogens is 2. The largest absolute Gasteiger partial charge is 0.488 e. The number of carbonyl (C=O) groups is 2. The van der Waals surface area contributed by atoms with Gasteiger partial charge >= 0.3 is 5.69 Å². The Morgan fingerprint density at radius 2 is 1.90 bits per heavy atom. The van der Waals surface area contributed by atoms with Crippen molar-refractivity contribution in [2.75, 3.05) is 44.2 Å². The van der Waals surface area contributed by atoms with Crippen LogP contribution < -0.4 is 20.6 Å². The van der Waals surface area contributed by atoms with Crippen LogP contribution in [0.1, 0.15) is 45.6 Å². The van der Waals surface area contributed by atoms with E-state index in [9.17, 15) is 18.8 Å². The molecule has 4 aliphatic rings. The molecule has 0 unspecified atom stereocenters. The SMILES string of the molecule is C=CC(=O)N1C[C@H](C)N(c2nc(=O)n3c4c(c(-c5ccc(F)cc5F)c(Cl)cc24)OC[C@H]3CCCN2CC(C(=O)NC3CC3)C2)C[C@H]1C. The van der Waals surface area contributed by atoms with E-state index in [1.54, 1.807) is 15.5 Å². The van der Waals surface area contributed by atoms with Crippen molar-refractivity contribution in [3.05, 3.63) is 64.1 Å². The van der Waals surface area contributed by atoms with E-state index in [1.165, 1.54) is 12.1 Å². The lowest BCUT2D eigenvalue weighted by Gasteiger charge is -2.45. The van der Waals surface area contributed by atoms with Crippen LogP contribution in [-0.2, 0) is 9.59 Å². The van der Waals surface area contributed by atoms with Gasteiger partial charge in [0.1, 0.15) is 24.1 Å². The molecule has 48 heavy (non-hydrogen) atoms. The summed E-state index contributed by atoms with van der Waals surface area (Å²) in [7, 11) is 0. The fourth-order valence-corrected chi connectivity index (χ4v) is 7.59. The van der Waals surface area contributed by atoms with Gasteiger partial charge in [-0.1, -0.05) is 18.2 Å². The smallest absolute Gasteiger partial charge is 0.350 e. The van der Waals surface area contributed by atoms with Gasteiger partial charge in [-0.15, -0.1) is 0 Å². The van der Waals surface area contributed by atoms with Crippen LogP contribution in [0.3, 0.4) is 0 Å². The van der Waals surface area contributed by atoms with Crippen molar-refractivity contribution < 1.29 is 23.1 Å². The molecule has 0 bridgehead atoms. The summed E-state index contributed by atoms with van der Waals surface area (Å²) in [5, 5.41) is 3.82. The number of hydrogen-bond donors (Lipinski definition) is 1. The van der Waals surface area contributed by atoms with Crippen molar-refractivity contribution >= 4 is 40.1 Å². The lowest BCUT2D eigenvalue weighted by atomic mass is 9.97. The van der Waals surface area contributed by atoms with Gasteiger partial charge in [-0.05, 0) is 70.4 Å². The van der Waals surface area contributed by atoms with E-state index in [2.05, 4.69) is 21.8 Å². The highest BCUT2D eigenvalue weighted by molar-refractivity contribution is 6.35. The van der Waals surface area contributed by atoms with Crippen LogP contribution in [0.15, 0.2) is 41.7 Å². The van der Waals surface area contributed by atoms with Crippen LogP contribution in [-0.4, -0.2) is 88.6 Å². The second kappa shape index (κ2) is 12.8. The molecule has 10 nitrogen and oxygen atoms in total. The number of ether oxygens (including phenoxy) is 1. The van der Waals surface area contributed by atoms with Gasteiger partial charge in [-0.3, -0.25) is 14.2 Å². The summed E-state index contributed by atoms with van der Waals surface area (Å²) in [5.41, 5.74) is 0.287. The first-order chi connectivity index (χ1) is 23.0. The first-order valence-electron chi connectivity index (χ1n) is 16.6. The molecule has 254 valence electrons. The van der Waals surface area contributed by atoms with Crippen molar-refractivity contribution in [2.24, 2.45) is 5.92 Å². The molecule has 2 amide bonds. The lowest BCUT2D eigenvalue weighted by Crippen LogP contribution is -2.58. The molecular formula is C35H39ClF2N6O4. The number of amides is 2. The summed E-state index contributed by atoms with van der Waals surface area (Å²) in [6.07, 6.45) is 4.80. The third-order valence-electron chi connectivity index (χ3n) is 10.1. The topological polar surface area (TPSA) is 100 Å². The Hall–Kier alpha value is -4.03. The number of anilines is 1. The van der Waals surface area contributed by atoms with Crippen molar-refractivity contribution in [2.45, 2.75) is 63.7 Å². The standard InChI is InChI=1S/C35H39ClF2N6O4/c1-4-29(45)42-14-20(3)43(15-19(42)2)33-26-13-27(36)30(25-10-7-22(37)12-28(25)38)32-31(26)44(35(47)40-33)24(18-48-32)6-5-11-41-16-21(17-41)34(46)39-23-8-9-23/h4,7,10,12-13,19-21,23-24H,1,5-6,8-9,11,14-18H2,2-3H3,(H,39,46)/t19-,20+,24-/m1/s1. The van der Waals surface area contributed by atoms with Crippen molar-refractivity contribution in [3.63, 3.8) is 0 Å². The number of nitrogens with one attached hydrogen (secondary N) is 1. The summed E-state index contributed by atoms with van der Waals surface area (Å²) >= 11 is 6.88. The van der Waals surface area contributed by atoms with Gasteiger partial charge in [0.2, 0.25) is 11.8 Å². The fourth-order valence-electron chi connectivity index (χ4n) is 7.30. The van der Waals surface area contributed by atoms with E-state index in [1.807, 2.05) is 18.7 Å². The number of rotatable bonds is 9. The van der Waals surface area contributed by atoms with Crippen molar-refractivity contribution in [3.8, 4) is 16.9 Å². The average molecular weight is 681 g/mol. The molecule has 3 atom stereocenters. The Bertz CT molecular complexity index is 1860. The molecular weight excluding hydrogens is 642 g/mol. The van der Waals surface area contributed by atoms with E-state index >= 15 is 4.39 Å². The molecule has 1 N–H and O–H groups in total. The first kappa shape index (κ1) is 32.5. The van der Waals surface area contributed by atoms with Crippen LogP contribution in [0.2, 0.25) is 5.02 Å². The maximum absolute atomic E-state index is 15.2. The van der Waals surface area contributed by atoms with Gasteiger partial charge in [0, 0.05) is 66.9 Å². The molecule has 1 aromatic heterocycles. The number of likely N-dealkylation sites (tertiary alicyclic amines) is 1. The molecule has 3 fully saturated rings. The third kappa shape index (κ3) is 5.93. The Balaban J connectivity index is 1.22. The summed E-state index contributed by atoms with van der Waals surface area (Å²) in [6, 6.07) is 4.56. The highest BCUT2D eigenvalue weighted by Crippen LogP contribution is 2.47. The Morgan fingerprint density at radius 3 is 2.60 bits per heavy atom. The van der Waals surface area contributed by atoms with Gasteiger partial charge in [0.25, 0.3) is 0 Å². The second-order valence-electron chi connectivity index (χ2n) is 13.6. The van der Waals surface area contributed by atoms with E-state index in [0.29, 0.717) is 42.3 Å². The fraction of sp³-hybridized carbons (Fsp3) is 0.486. The minimum atomic E-state index is -0.800. The van der Waals surface area contributed by atoms with Crippen LogP contribution in [0.25, 0.3) is 22.0 Å². The van der Waals surface area contributed by atoms with E-state index in [0.717, 1.165) is 51.0 Å². The zero-order valence-corrected chi connectivity index (χ0v) is 27.8. The van der Waals surface area contributed by atoms with E-state index < -0.39 is 17.3 Å². The molecule has 2 aromatic carbocycles. The number of carbonyl (C=O) groups excluding carboxylic acids is 2. The highest BCUT2D eigenvalue weighted by atomic mass is 35.5. The zero-order chi connectivity index (χ0) is 33.9. The van der Waals surface area contributed by atoms with Gasteiger partial charge in [-0.2, -0.15) is 4.98 Å². The van der Waals surface area contributed by atoms with Crippen molar-refractivity contribution in [1.29, 1.82) is 0 Å². The third-order valence-corrected chi connectivity index (χ3v) is 10.4. The molecule has 7 rings (SSSR count). The molecule has 1 aliphatic carbocycles. The average Bonchev–Trinajstić information content (AvgIpc) is 3.85. The summed E-state index contributed by atoms with van der Waals surface area (Å²) in [6.45, 7) is 10.7. The molecule has 0 spiro atoms. The van der Waals surface area contributed by atoms with Crippen molar-refractivity contribution in [1.82, 2.24) is 24.7 Å². The van der Waals surface area contributed by atoms with E-state index in [4.69, 9.17) is 16.3 Å². The molecule has 0 radical (unpaired) electrons. The minimum Gasteiger partial charge on any atom is -0.488 e. The molecule has 13 heteroatoms. The number of nitrogens with zero attached hydrogens (tertiary/aromatic N) is 5. The summed E-state index contributed by atoms with van der Waals surface area (Å²) in [5.74, 6) is -0.883. The number of hydrogen-bond acceptors (Lipinski definition) is 7. The Kier molecular flexibility index (Phi) is 8.65. The second-order valence-corrected chi connectivity index (χ2v) is 14.0. The van der Waals surface area contributed by atoms with Crippen LogP contribution >= 0.6 is 11.6 Å². The van der Waals surface area contributed by atoms with Crippen LogP contribution in [0.4, 0.5) is 14.6 Å². The molecule has 3 aromatic rings. The predicted octanol–water partition coefficient (Wildman–Crippen LogP) is 4.53. The van der Waals surface area contributed by atoms with Gasteiger partial charge in [0.15, 0.2) is 5.75 Å². The molecule has 4 heterocycles. The monoisotopic (exact) mass is 680 g/mol. The van der Waals surface area contributed by atoms with Crippen LogP contribution in [0, 0.1) is 17.6 Å². The Labute approximate surface area is 282 Å².